The summed E-state index contributed by atoms with van der Waals surface area (Å²) < 4.78 is 22.5. The Morgan fingerprint density at radius 1 is 1.30 bits per heavy atom. The van der Waals surface area contributed by atoms with E-state index in [4.69, 9.17) is 9.72 Å². The van der Waals surface area contributed by atoms with Gasteiger partial charge in [0, 0.05) is 42.5 Å². The molecule has 4 aromatic heterocycles. The molecule has 30 heavy (non-hydrogen) atoms. The van der Waals surface area contributed by atoms with Crippen LogP contribution in [0.25, 0.3) is 33.4 Å². The third kappa shape index (κ3) is 3.02. The zero-order valence-corrected chi connectivity index (χ0v) is 17.1. The number of H-pyrrole nitrogens is 1. The summed E-state index contributed by atoms with van der Waals surface area (Å²) in [4.78, 5) is 11.4. The smallest absolute Gasteiger partial charge is 0.151 e. The van der Waals surface area contributed by atoms with Crippen LogP contribution < -0.4 is 4.90 Å². The molecule has 0 amide bonds. The van der Waals surface area contributed by atoms with Crippen molar-refractivity contribution >= 4 is 16.7 Å². The Morgan fingerprint density at radius 2 is 2.17 bits per heavy atom. The normalized spacial score (nSPS) is 17.1. The maximum atomic E-state index is 15.2. The zero-order valence-electron chi connectivity index (χ0n) is 17.1. The molecular weight excluding hydrogens is 385 g/mol. The monoisotopic (exact) mass is 407 g/mol. The molecule has 9 heteroatoms. The van der Waals surface area contributed by atoms with Gasteiger partial charge in [-0.2, -0.15) is 10.2 Å². The van der Waals surface area contributed by atoms with Crippen LogP contribution >= 0.6 is 0 Å². The minimum absolute atomic E-state index is 0.156. The van der Waals surface area contributed by atoms with Gasteiger partial charge in [0.1, 0.15) is 17.0 Å². The first-order valence-corrected chi connectivity index (χ1v) is 9.87. The molecule has 8 nitrogen and oxygen atoms in total. The lowest BCUT2D eigenvalue weighted by atomic mass is 10.00. The van der Waals surface area contributed by atoms with Gasteiger partial charge in [0.25, 0.3) is 0 Å². The van der Waals surface area contributed by atoms with Crippen LogP contribution in [0.2, 0.25) is 0 Å². The quantitative estimate of drug-likeness (QED) is 0.562. The third-order valence-corrected chi connectivity index (χ3v) is 5.50. The summed E-state index contributed by atoms with van der Waals surface area (Å²) >= 11 is 0. The minimum Gasteiger partial charge on any atom is -0.377 e. The van der Waals surface area contributed by atoms with Gasteiger partial charge in [-0.25, -0.2) is 14.4 Å². The first-order chi connectivity index (χ1) is 14.5. The van der Waals surface area contributed by atoms with Crippen LogP contribution in [0.4, 0.5) is 10.2 Å². The second kappa shape index (κ2) is 7.17. The second-order valence-electron chi connectivity index (χ2n) is 7.60. The van der Waals surface area contributed by atoms with Crippen molar-refractivity contribution < 1.29 is 9.13 Å². The van der Waals surface area contributed by atoms with E-state index in [0.29, 0.717) is 42.0 Å². The van der Waals surface area contributed by atoms with Gasteiger partial charge >= 0.3 is 0 Å². The summed E-state index contributed by atoms with van der Waals surface area (Å²) in [6.45, 7) is 5.98. The van der Waals surface area contributed by atoms with E-state index in [1.54, 1.807) is 16.9 Å². The van der Waals surface area contributed by atoms with Gasteiger partial charge < -0.3 is 9.64 Å². The Hall–Kier alpha value is -3.33. The van der Waals surface area contributed by atoms with E-state index in [1.807, 2.05) is 26.2 Å². The van der Waals surface area contributed by atoms with Crippen molar-refractivity contribution in [3.8, 4) is 22.5 Å². The number of halogens is 1. The molecule has 1 fully saturated rings. The summed E-state index contributed by atoms with van der Waals surface area (Å²) in [7, 11) is 1.86. The van der Waals surface area contributed by atoms with Crippen molar-refractivity contribution in [3.63, 3.8) is 0 Å². The number of ether oxygens (including phenoxy) is 1. The zero-order chi connectivity index (χ0) is 20.8. The number of aryl methyl sites for hydroxylation is 2. The highest BCUT2D eigenvalue weighted by atomic mass is 19.1. The maximum absolute atomic E-state index is 15.2. The van der Waals surface area contributed by atoms with Crippen molar-refractivity contribution in [1.82, 2.24) is 29.9 Å². The molecule has 4 aromatic rings. The number of aromatic nitrogens is 6. The van der Waals surface area contributed by atoms with Crippen molar-refractivity contribution in [2.75, 3.05) is 24.7 Å². The van der Waals surface area contributed by atoms with Gasteiger partial charge in [0.05, 0.1) is 36.8 Å². The van der Waals surface area contributed by atoms with Crippen LogP contribution in [0, 0.1) is 12.7 Å². The number of fused-ring (bicyclic) bond motifs is 1. The minimum atomic E-state index is -0.416. The van der Waals surface area contributed by atoms with Gasteiger partial charge in [-0.15, -0.1) is 0 Å². The molecule has 0 saturated carbocycles. The first kappa shape index (κ1) is 18.7. The number of aromatic amines is 1. The van der Waals surface area contributed by atoms with Crippen molar-refractivity contribution in [2.45, 2.75) is 19.9 Å². The molecule has 1 N–H and O–H groups in total. The van der Waals surface area contributed by atoms with Gasteiger partial charge in [-0.05, 0) is 26.0 Å². The van der Waals surface area contributed by atoms with Crippen LogP contribution in [0.3, 0.4) is 0 Å². The maximum Gasteiger partial charge on any atom is 0.151 e. The molecule has 0 bridgehead atoms. The first-order valence-electron chi connectivity index (χ1n) is 9.87. The number of pyridine rings is 2. The van der Waals surface area contributed by atoms with Gasteiger partial charge in [-0.1, -0.05) is 0 Å². The number of morpholine rings is 1. The van der Waals surface area contributed by atoms with E-state index in [2.05, 4.69) is 32.1 Å². The summed E-state index contributed by atoms with van der Waals surface area (Å²) in [6, 6.07) is 3.91. The predicted octanol–water partition coefficient (Wildman–Crippen LogP) is 3.09. The number of rotatable bonds is 3. The molecule has 5 rings (SSSR count). The van der Waals surface area contributed by atoms with Gasteiger partial charge in [0.2, 0.25) is 0 Å². The Morgan fingerprint density at radius 3 is 2.87 bits per heavy atom. The number of hydrogen-bond donors (Lipinski definition) is 1. The lowest BCUT2D eigenvalue weighted by molar-refractivity contribution is 0.0986. The predicted molar refractivity (Wildman–Crippen MR) is 112 cm³/mol. The molecule has 0 unspecified atom stereocenters. The molecule has 5 heterocycles. The lowest BCUT2D eigenvalue weighted by Gasteiger charge is -2.34. The number of nitrogens with zero attached hydrogens (tertiary/aromatic N) is 6. The molecule has 0 aliphatic carbocycles. The second-order valence-corrected chi connectivity index (χ2v) is 7.60. The highest BCUT2D eigenvalue weighted by Gasteiger charge is 2.25. The average molecular weight is 407 g/mol. The average Bonchev–Trinajstić information content (AvgIpc) is 3.37. The summed E-state index contributed by atoms with van der Waals surface area (Å²) in [6.07, 6.45) is 4.80. The highest BCUT2D eigenvalue weighted by Crippen LogP contribution is 2.37. The standard InChI is InChI=1S/C21H22FN7O/c1-12-11-30-7-6-29(12)18-8-14(15-10-28(3)27-13(15)2)19-16(22)9-23-20(21(19)25-18)17-4-5-24-26-17/h4-5,8-10,12H,6-7,11H2,1-3H3,(H,24,26)/t12-/m1/s1. The highest BCUT2D eigenvalue weighted by molar-refractivity contribution is 6.02. The molecule has 1 atom stereocenters. The van der Waals surface area contributed by atoms with E-state index < -0.39 is 5.82 Å². The van der Waals surface area contributed by atoms with Crippen LogP contribution in [0.5, 0.6) is 0 Å². The van der Waals surface area contributed by atoms with Gasteiger partial charge in [0.15, 0.2) is 5.82 Å². The van der Waals surface area contributed by atoms with Crippen molar-refractivity contribution in [1.29, 1.82) is 0 Å². The number of nitrogens with one attached hydrogen (secondary N) is 1. The fraction of sp³-hybridized carbons (Fsp3) is 0.333. The van der Waals surface area contributed by atoms with E-state index >= 15 is 4.39 Å². The van der Waals surface area contributed by atoms with Crippen molar-refractivity contribution in [3.05, 3.63) is 42.2 Å². The molecule has 1 aliphatic heterocycles. The summed E-state index contributed by atoms with van der Waals surface area (Å²) in [5.41, 5.74) is 4.19. The largest absolute Gasteiger partial charge is 0.377 e. The Bertz CT molecular complexity index is 1220. The van der Waals surface area contributed by atoms with E-state index in [9.17, 15) is 0 Å². The number of anilines is 1. The van der Waals surface area contributed by atoms with E-state index in [1.165, 1.54) is 6.20 Å². The summed E-state index contributed by atoms with van der Waals surface area (Å²) in [5, 5.41) is 11.8. The molecule has 0 spiro atoms. The Balaban J connectivity index is 1.84. The SMILES string of the molecule is Cc1nn(C)cc1-c1cc(N2CCOC[C@H]2C)nc2c(-c3ccn[nH]3)ncc(F)c12. The van der Waals surface area contributed by atoms with E-state index in [-0.39, 0.29) is 6.04 Å². The molecule has 1 aliphatic rings. The van der Waals surface area contributed by atoms with E-state index in [0.717, 1.165) is 22.6 Å². The number of hydrogen-bond acceptors (Lipinski definition) is 6. The fourth-order valence-corrected chi connectivity index (χ4v) is 4.07. The molecule has 1 saturated heterocycles. The van der Waals surface area contributed by atoms with Crippen molar-refractivity contribution in [2.24, 2.45) is 7.05 Å². The van der Waals surface area contributed by atoms with Crippen LogP contribution in [0.1, 0.15) is 12.6 Å². The molecular formula is C21H22FN7O. The van der Waals surface area contributed by atoms with Crippen LogP contribution in [-0.2, 0) is 11.8 Å². The van der Waals surface area contributed by atoms with Crippen LogP contribution in [0.15, 0.2) is 30.7 Å². The Kier molecular flexibility index (Phi) is 4.47. The molecule has 154 valence electrons. The Labute approximate surface area is 172 Å². The molecule has 0 radical (unpaired) electrons. The summed E-state index contributed by atoms with van der Waals surface area (Å²) in [5.74, 6) is 0.352. The third-order valence-electron chi connectivity index (χ3n) is 5.50. The fourth-order valence-electron chi connectivity index (χ4n) is 4.07. The molecule has 0 aromatic carbocycles. The topological polar surface area (TPSA) is 84.8 Å². The van der Waals surface area contributed by atoms with Crippen LogP contribution in [-0.4, -0.2) is 55.7 Å². The lowest BCUT2D eigenvalue weighted by Crippen LogP contribution is -2.44. The van der Waals surface area contributed by atoms with Gasteiger partial charge in [-0.3, -0.25) is 9.78 Å².